The van der Waals surface area contributed by atoms with Gasteiger partial charge in [0, 0.05) is 19.1 Å². The van der Waals surface area contributed by atoms with Crippen LogP contribution in [0.15, 0.2) is 18.3 Å². The molecule has 0 saturated carbocycles. The van der Waals surface area contributed by atoms with Gasteiger partial charge in [-0.3, -0.25) is 4.79 Å². The van der Waals surface area contributed by atoms with Gasteiger partial charge in [-0.05, 0) is 31.4 Å². The number of nitrogens with one attached hydrogen (secondary N) is 1. The predicted octanol–water partition coefficient (Wildman–Crippen LogP) is 1.48. The van der Waals surface area contributed by atoms with E-state index in [0.29, 0.717) is 31.1 Å². The first-order chi connectivity index (χ1) is 10.8. The van der Waals surface area contributed by atoms with Crippen LogP contribution in [0.4, 0.5) is 5.69 Å². The number of hydrogen-bond donors (Lipinski definition) is 1. The third-order valence-electron chi connectivity index (χ3n) is 3.97. The Morgan fingerprint density at radius 1 is 1.43 bits per heavy atom. The van der Waals surface area contributed by atoms with Crippen molar-refractivity contribution in [1.82, 2.24) is 10.3 Å². The minimum absolute atomic E-state index is 0.00702. The van der Waals surface area contributed by atoms with Gasteiger partial charge in [0.2, 0.25) is 0 Å². The lowest BCUT2D eigenvalue weighted by Crippen LogP contribution is -2.36. The van der Waals surface area contributed by atoms with Crippen LogP contribution in [0, 0.1) is 5.92 Å². The van der Waals surface area contributed by atoms with Crippen molar-refractivity contribution in [3.05, 3.63) is 24.0 Å². The lowest BCUT2D eigenvalue weighted by atomic mass is 10.2. The first kappa shape index (κ1) is 17.7. The Morgan fingerprint density at radius 3 is 2.65 bits per heavy atom. The number of aromatic nitrogens is 1. The normalized spacial score (nSPS) is 19.7. The Labute approximate surface area is 138 Å². The van der Waals surface area contributed by atoms with Crippen molar-refractivity contribution < 1.29 is 13.2 Å². The van der Waals surface area contributed by atoms with Gasteiger partial charge in [-0.15, -0.1) is 0 Å². The van der Waals surface area contributed by atoms with Gasteiger partial charge in [0.15, 0.2) is 9.84 Å². The first-order valence-electron chi connectivity index (χ1n) is 8.03. The molecule has 2 rings (SSSR count). The van der Waals surface area contributed by atoms with Crippen LogP contribution in [-0.2, 0) is 9.84 Å². The molecule has 1 aliphatic heterocycles. The first-order valence-corrected chi connectivity index (χ1v) is 9.86. The Kier molecular flexibility index (Phi) is 5.62. The molecule has 2 heterocycles. The van der Waals surface area contributed by atoms with Crippen LogP contribution in [0.2, 0.25) is 0 Å². The molecule has 23 heavy (non-hydrogen) atoms. The van der Waals surface area contributed by atoms with Gasteiger partial charge >= 0.3 is 0 Å². The van der Waals surface area contributed by atoms with Gasteiger partial charge in [0.05, 0.1) is 23.4 Å². The third kappa shape index (κ3) is 4.67. The highest BCUT2D eigenvalue weighted by atomic mass is 32.2. The smallest absolute Gasteiger partial charge is 0.269 e. The van der Waals surface area contributed by atoms with E-state index in [0.717, 1.165) is 5.69 Å². The maximum atomic E-state index is 12.0. The molecule has 0 radical (unpaired) electrons. The molecule has 0 spiro atoms. The number of anilines is 1. The monoisotopic (exact) mass is 339 g/mol. The molecular weight excluding hydrogens is 314 g/mol. The topological polar surface area (TPSA) is 79.4 Å². The van der Waals surface area contributed by atoms with Crippen molar-refractivity contribution in [3.8, 4) is 0 Å². The second kappa shape index (κ2) is 7.29. The number of carbonyl (C=O) groups is 1. The molecule has 0 bridgehead atoms. The minimum Gasteiger partial charge on any atom is -0.367 e. The Balaban J connectivity index is 2.07. The summed E-state index contributed by atoms with van der Waals surface area (Å²) in [5.74, 6) is 0.643. The van der Waals surface area contributed by atoms with Gasteiger partial charge < -0.3 is 10.2 Å². The summed E-state index contributed by atoms with van der Waals surface area (Å²) in [6, 6.07) is 3.52. The van der Waals surface area contributed by atoms with E-state index < -0.39 is 9.84 Å². The Morgan fingerprint density at radius 2 is 2.17 bits per heavy atom. The number of nitrogens with zero attached hydrogens (tertiary/aromatic N) is 2. The largest absolute Gasteiger partial charge is 0.367 e. The van der Waals surface area contributed by atoms with Crippen LogP contribution in [0.25, 0.3) is 0 Å². The zero-order chi connectivity index (χ0) is 17.0. The van der Waals surface area contributed by atoms with Gasteiger partial charge in [-0.25, -0.2) is 13.4 Å². The van der Waals surface area contributed by atoms with Crippen LogP contribution in [0.3, 0.4) is 0 Å². The molecule has 1 amide bonds. The summed E-state index contributed by atoms with van der Waals surface area (Å²) in [7, 11) is -2.92. The molecule has 1 aromatic heterocycles. The number of sulfone groups is 1. The zero-order valence-corrected chi connectivity index (χ0v) is 14.8. The van der Waals surface area contributed by atoms with Crippen LogP contribution >= 0.6 is 0 Å². The zero-order valence-electron chi connectivity index (χ0n) is 13.9. The van der Waals surface area contributed by atoms with E-state index in [2.05, 4.69) is 10.3 Å². The van der Waals surface area contributed by atoms with E-state index in [1.54, 1.807) is 12.3 Å². The van der Waals surface area contributed by atoms with E-state index >= 15 is 0 Å². The second-order valence-electron chi connectivity index (χ2n) is 6.35. The molecule has 0 aromatic carbocycles. The van der Waals surface area contributed by atoms with E-state index in [-0.39, 0.29) is 23.5 Å². The number of carbonyl (C=O) groups excluding carboxylic acids is 1. The van der Waals surface area contributed by atoms with Crippen molar-refractivity contribution in [2.75, 3.05) is 29.5 Å². The highest BCUT2D eigenvalue weighted by Crippen LogP contribution is 2.23. The van der Waals surface area contributed by atoms with E-state index in [4.69, 9.17) is 0 Å². The molecule has 128 valence electrons. The Hall–Kier alpha value is -1.63. The summed E-state index contributed by atoms with van der Waals surface area (Å²) >= 11 is 0. The number of hydrogen-bond acceptors (Lipinski definition) is 5. The molecule has 7 heteroatoms. The SMILES string of the molecule is CCN(c1ccc(C(=O)NCC(C)C)nc1)C1CCS(=O)(=O)C1. The van der Waals surface area contributed by atoms with Crippen LogP contribution in [0.5, 0.6) is 0 Å². The molecule has 1 N–H and O–H groups in total. The van der Waals surface area contributed by atoms with Crippen molar-refractivity contribution >= 4 is 21.4 Å². The number of pyridine rings is 1. The maximum absolute atomic E-state index is 12.0. The fraction of sp³-hybridized carbons (Fsp3) is 0.625. The Bertz CT molecular complexity index is 641. The summed E-state index contributed by atoms with van der Waals surface area (Å²) in [4.78, 5) is 18.3. The lowest BCUT2D eigenvalue weighted by Gasteiger charge is -2.28. The van der Waals surface area contributed by atoms with Crippen LogP contribution in [-0.4, -0.2) is 49.9 Å². The lowest BCUT2D eigenvalue weighted by molar-refractivity contribution is 0.0944. The molecule has 0 aliphatic carbocycles. The predicted molar refractivity (Wildman–Crippen MR) is 91.5 cm³/mol. The molecule has 1 fully saturated rings. The molecule has 1 aliphatic rings. The van der Waals surface area contributed by atoms with E-state index in [1.165, 1.54) is 0 Å². The molecule has 1 atom stereocenters. The summed E-state index contributed by atoms with van der Waals surface area (Å²) < 4.78 is 23.3. The van der Waals surface area contributed by atoms with Crippen molar-refractivity contribution in [1.29, 1.82) is 0 Å². The van der Waals surface area contributed by atoms with Crippen molar-refractivity contribution in [2.24, 2.45) is 5.92 Å². The molecule has 1 unspecified atom stereocenters. The average molecular weight is 339 g/mol. The van der Waals surface area contributed by atoms with Gasteiger partial charge in [0.1, 0.15) is 5.69 Å². The summed E-state index contributed by atoms with van der Waals surface area (Å²) in [5.41, 5.74) is 1.24. The van der Waals surface area contributed by atoms with Crippen molar-refractivity contribution in [3.63, 3.8) is 0 Å². The minimum atomic E-state index is -2.92. The van der Waals surface area contributed by atoms with Gasteiger partial charge in [0.25, 0.3) is 5.91 Å². The highest BCUT2D eigenvalue weighted by molar-refractivity contribution is 7.91. The fourth-order valence-corrected chi connectivity index (χ4v) is 4.48. The number of rotatable bonds is 6. The quantitative estimate of drug-likeness (QED) is 0.849. The average Bonchev–Trinajstić information content (AvgIpc) is 2.86. The van der Waals surface area contributed by atoms with Crippen LogP contribution in [0.1, 0.15) is 37.7 Å². The van der Waals surface area contributed by atoms with Gasteiger partial charge in [-0.1, -0.05) is 13.8 Å². The standard InChI is InChI=1S/C16H25N3O3S/c1-4-19(14-7-8-23(21,22)11-14)13-5-6-15(17-10-13)16(20)18-9-12(2)3/h5-6,10,12,14H,4,7-9,11H2,1-3H3,(H,18,20). The maximum Gasteiger partial charge on any atom is 0.269 e. The van der Waals surface area contributed by atoms with E-state index in [1.807, 2.05) is 31.7 Å². The summed E-state index contributed by atoms with van der Waals surface area (Å²) in [6.45, 7) is 7.38. The summed E-state index contributed by atoms with van der Waals surface area (Å²) in [5, 5.41) is 2.83. The summed E-state index contributed by atoms with van der Waals surface area (Å²) in [6.07, 6.45) is 2.30. The van der Waals surface area contributed by atoms with Crippen LogP contribution < -0.4 is 10.2 Å². The number of amides is 1. The molecule has 1 aromatic rings. The molecule has 1 saturated heterocycles. The highest BCUT2D eigenvalue weighted by Gasteiger charge is 2.31. The second-order valence-corrected chi connectivity index (χ2v) is 8.58. The van der Waals surface area contributed by atoms with E-state index in [9.17, 15) is 13.2 Å². The van der Waals surface area contributed by atoms with Gasteiger partial charge in [-0.2, -0.15) is 0 Å². The van der Waals surface area contributed by atoms with Crippen molar-refractivity contribution in [2.45, 2.75) is 33.2 Å². The third-order valence-corrected chi connectivity index (χ3v) is 5.72. The molecule has 6 nitrogen and oxygen atoms in total. The fourth-order valence-electron chi connectivity index (χ4n) is 2.75. The molecular formula is C16H25N3O3S.